The Balaban J connectivity index is 1.77. The molecule has 1 amide bonds. The molecule has 3 nitrogen and oxygen atoms in total. The van der Waals surface area contributed by atoms with Gasteiger partial charge in [-0.2, -0.15) is 0 Å². The first-order valence-corrected chi connectivity index (χ1v) is 9.39. The van der Waals surface area contributed by atoms with Gasteiger partial charge in [0.05, 0.1) is 0 Å². The molecule has 2 aliphatic heterocycles. The van der Waals surface area contributed by atoms with E-state index in [-0.39, 0.29) is 22.7 Å². The summed E-state index contributed by atoms with van der Waals surface area (Å²) in [4.78, 5) is 17.1. The monoisotopic (exact) mass is 346 g/mol. The number of likely N-dealkylation sites (tertiary alicyclic amines) is 1. The second-order valence-electron chi connectivity index (χ2n) is 9.56. The fraction of sp³-hybridized carbons (Fsp3) is 0.667. The minimum Gasteiger partial charge on any atom is -0.363 e. The van der Waals surface area contributed by atoms with Crippen molar-refractivity contribution in [3.63, 3.8) is 0 Å². The van der Waals surface area contributed by atoms with Gasteiger partial charge in [0, 0.05) is 36.8 Å². The van der Waals surface area contributed by atoms with Gasteiger partial charge in [-0.05, 0) is 56.2 Å². The van der Waals surface area contributed by atoms with Crippen molar-refractivity contribution in [3.8, 4) is 0 Å². The van der Waals surface area contributed by atoms with E-state index in [9.17, 15) is 9.18 Å². The van der Waals surface area contributed by atoms with E-state index in [0.717, 1.165) is 31.6 Å². The van der Waals surface area contributed by atoms with Crippen molar-refractivity contribution < 1.29 is 9.18 Å². The first-order valence-electron chi connectivity index (χ1n) is 9.39. The van der Waals surface area contributed by atoms with Gasteiger partial charge in [-0.25, -0.2) is 4.39 Å². The first-order chi connectivity index (χ1) is 11.6. The van der Waals surface area contributed by atoms with Crippen LogP contribution in [-0.4, -0.2) is 35.5 Å². The Morgan fingerprint density at radius 1 is 1.32 bits per heavy atom. The van der Waals surface area contributed by atoms with Crippen LogP contribution in [0.15, 0.2) is 24.3 Å². The van der Waals surface area contributed by atoms with Gasteiger partial charge in [-0.15, -0.1) is 0 Å². The number of carbonyl (C=O) groups is 1. The Morgan fingerprint density at radius 2 is 2.04 bits per heavy atom. The molecule has 4 heteroatoms. The van der Waals surface area contributed by atoms with Crippen molar-refractivity contribution in [2.45, 2.75) is 65.5 Å². The molecule has 0 aromatic heterocycles. The molecule has 2 heterocycles. The van der Waals surface area contributed by atoms with Crippen LogP contribution in [0.3, 0.4) is 0 Å². The maximum atomic E-state index is 13.7. The van der Waals surface area contributed by atoms with Gasteiger partial charge >= 0.3 is 0 Å². The van der Waals surface area contributed by atoms with Crippen molar-refractivity contribution in [2.24, 2.45) is 11.3 Å². The van der Waals surface area contributed by atoms with Gasteiger partial charge in [-0.1, -0.05) is 26.8 Å². The van der Waals surface area contributed by atoms with Crippen LogP contribution >= 0.6 is 0 Å². The van der Waals surface area contributed by atoms with E-state index < -0.39 is 0 Å². The maximum Gasteiger partial charge on any atom is 0.223 e. The zero-order valence-electron chi connectivity index (χ0n) is 16.2. The van der Waals surface area contributed by atoms with Crippen LogP contribution in [0.25, 0.3) is 0 Å². The van der Waals surface area contributed by atoms with Gasteiger partial charge < -0.3 is 9.80 Å². The lowest BCUT2D eigenvalue weighted by atomic mass is 9.87. The van der Waals surface area contributed by atoms with Gasteiger partial charge in [0.15, 0.2) is 0 Å². The molecule has 3 rings (SSSR count). The number of hydrogen-bond acceptors (Lipinski definition) is 2. The van der Waals surface area contributed by atoms with E-state index in [0.29, 0.717) is 18.4 Å². The second-order valence-corrected chi connectivity index (χ2v) is 9.56. The lowest BCUT2D eigenvalue weighted by molar-refractivity contribution is -0.134. The molecule has 0 N–H and O–H groups in total. The molecule has 138 valence electrons. The summed E-state index contributed by atoms with van der Waals surface area (Å²) in [7, 11) is 0. The summed E-state index contributed by atoms with van der Waals surface area (Å²) in [5.74, 6) is 0.540. The third-order valence-corrected chi connectivity index (χ3v) is 5.56. The Morgan fingerprint density at radius 3 is 2.68 bits per heavy atom. The highest BCUT2D eigenvalue weighted by molar-refractivity contribution is 5.77. The number of nitrogens with zero attached hydrogens (tertiary/aromatic N) is 2. The van der Waals surface area contributed by atoms with Gasteiger partial charge in [0.2, 0.25) is 5.91 Å². The Hall–Kier alpha value is -1.58. The summed E-state index contributed by atoms with van der Waals surface area (Å²) in [5.41, 5.74) is 0.967. The lowest BCUT2D eigenvalue weighted by Crippen LogP contribution is -2.50. The number of hydrogen-bond donors (Lipinski definition) is 0. The average molecular weight is 346 g/mol. The minimum atomic E-state index is -0.186. The Labute approximate surface area is 151 Å². The number of anilines is 1. The topological polar surface area (TPSA) is 23.6 Å². The van der Waals surface area contributed by atoms with Crippen LogP contribution in [0, 0.1) is 17.2 Å². The zero-order valence-corrected chi connectivity index (χ0v) is 16.2. The molecule has 2 atom stereocenters. The fourth-order valence-electron chi connectivity index (χ4n) is 4.71. The predicted molar refractivity (Wildman–Crippen MR) is 100 cm³/mol. The first kappa shape index (κ1) is 18.2. The minimum absolute atomic E-state index is 0.0216. The van der Waals surface area contributed by atoms with Crippen molar-refractivity contribution >= 4 is 11.6 Å². The number of fused-ring (bicyclic) bond motifs is 1. The van der Waals surface area contributed by atoms with E-state index in [1.165, 1.54) is 6.07 Å². The summed E-state index contributed by atoms with van der Waals surface area (Å²) in [6.45, 7) is 12.4. The quantitative estimate of drug-likeness (QED) is 0.789. The highest BCUT2D eigenvalue weighted by Gasteiger charge is 2.48. The van der Waals surface area contributed by atoms with Crippen molar-refractivity contribution in [1.82, 2.24) is 4.90 Å². The Kier molecular flexibility index (Phi) is 4.59. The number of amides is 1. The maximum absolute atomic E-state index is 13.7. The van der Waals surface area contributed by atoms with Crippen LogP contribution < -0.4 is 4.90 Å². The van der Waals surface area contributed by atoms with Crippen molar-refractivity contribution in [2.75, 3.05) is 18.0 Å². The molecule has 2 fully saturated rings. The van der Waals surface area contributed by atoms with E-state index >= 15 is 0 Å². The Bertz CT molecular complexity index is 650. The number of benzene rings is 1. The van der Waals surface area contributed by atoms with Gasteiger partial charge in [-0.3, -0.25) is 4.79 Å². The molecule has 0 unspecified atom stereocenters. The molecule has 1 aromatic rings. The largest absolute Gasteiger partial charge is 0.363 e. The van der Waals surface area contributed by atoms with E-state index in [1.54, 1.807) is 12.1 Å². The SMILES string of the molecule is CC(C)(C)CC(=O)N1CC[C@H]2[C@@H](C1)CC(C)(C)N2c1cccc(F)c1. The average Bonchev–Trinajstić information content (AvgIpc) is 2.74. The molecule has 2 saturated heterocycles. The number of halogens is 1. The van der Waals surface area contributed by atoms with E-state index in [4.69, 9.17) is 0 Å². The third kappa shape index (κ3) is 3.83. The second kappa shape index (κ2) is 6.30. The van der Waals surface area contributed by atoms with Crippen molar-refractivity contribution in [1.29, 1.82) is 0 Å². The van der Waals surface area contributed by atoms with Crippen LogP contribution in [0.2, 0.25) is 0 Å². The molecule has 25 heavy (non-hydrogen) atoms. The van der Waals surface area contributed by atoms with Crippen LogP contribution in [0.5, 0.6) is 0 Å². The highest BCUT2D eigenvalue weighted by Crippen LogP contribution is 2.44. The number of carbonyl (C=O) groups excluding carboxylic acids is 1. The molecule has 1 aromatic carbocycles. The summed E-state index contributed by atoms with van der Waals surface area (Å²) >= 11 is 0. The van der Waals surface area contributed by atoms with E-state index in [2.05, 4.69) is 44.4 Å². The lowest BCUT2D eigenvalue weighted by Gasteiger charge is -2.42. The molecule has 0 bridgehead atoms. The molecule has 0 saturated carbocycles. The molecular formula is C21H31FN2O. The van der Waals surface area contributed by atoms with Crippen LogP contribution in [-0.2, 0) is 4.79 Å². The standard InChI is InChI=1S/C21H31FN2O/c1-20(2,3)13-19(25)23-10-9-18-15(14-23)12-21(4,5)24(18)17-8-6-7-16(22)11-17/h6-8,11,15,18H,9-10,12-14H2,1-5H3/t15-,18+/m1/s1. The van der Waals surface area contributed by atoms with Crippen LogP contribution in [0.1, 0.15) is 53.9 Å². The summed E-state index contributed by atoms with van der Waals surface area (Å²) in [6, 6.07) is 7.31. The molecule has 0 spiro atoms. The van der Waals surface area contributed by atoms with Gasteiger partial charge in [0.25, 0.3) is 0 Å². The normalized spacial score (nSPS) is 25.8. The third-order valence-electron chi connectivity index (χ3n) is 5.56. The fourth-order valence-corrected chi connectivity index (χ4v) is 4.71. The smallest absolute Gasteiger partial charge is 0.223 e. The van der Waals surface area contributed by atoms with E-state index in [1.807, 2.05) is 6.07 Å². The molecule has 0 aliphatic carbocycles. The summed E-state index contributed by atoms with van der Waals surface area (Å²) in [6.07, 6.45) is 2.59. The van der Waals surface area contributed by atoms with Crippen molar-refractivity contribution in [3.05, 3.63) is 30.1 Å². The summed E-state index contributed by atoms with van der Waals surface area (Å²) in [5, 5.41) is 0. The van der Waals surface area contributed by atoms with Crippen LogP contribution in [0.4, 0.5) is 10.1 Å². The van der Waals surface area contributed by atoms with Gasteiger partial charge in [0.1, 0.15) is 5.82 Å². The number of piperidine rings is 1. The number of rotatable bonds is 2. The molecule has 2 aliphatic rings. The molecular weight excluding hydrogens is 315 g/mol. The highest BCUT2D eigenvalue weighted by atomic mass is 19.1. The molecule has 0 radical (unpaired) electrons. The zero-order chi connectivity index (χ0) is 18.4. The predicted octanol–water partition coefficient (Wildman–Crippen LogP) is 4.47. The summed E-state index contributed by atoms with van der Waals surface area (Å²) < 4.78 is 13.7.